The third-order valence-corrected chi connectivity index (χ3v) is 3.36. The third-order valence-electron chi connectivity index (χ3n) is 3.36. The summed E-state index contributed by atoms with van der Waals surface area (Å²) in [6.45, 7) is 14.0. The average Bonchev–Trinajstić information content (AvgIpc) is 2.55. The summed E-state index contributed by atoms with van der Waals surface area (Å²) in [5.41, 5.74) is 3.91. The van der Waals surface area contributed by atoms with Gasteiger partial charge >= 0.3 is 0 Å². The summed E-state index contributed by atoms with van der Waals surface area (Å²) in [6, 6.07) is 16.3. The summed E-state index contributed by atoms with van der Waals surface area (Å²) in [5, 5.41) is 0. The minimum atomic E-state index is 0.250. The largest absolute Gasteiger partial charge is 0.497 e. The summed E-state index contributed by atoms with van der Waals surface area (Å²) in [6.07, 6.45) is 3.67. The molecule has 0 bridgehead atoms. The molecule has 0 radical (unpaired) electrons. The first-order chi connectivity index (χ1) is 10.4. The second-order valence-corrected chi connectivity index (χ2v) is 6.05. The topological polar surface area (TPSA) is 9.23 Å². The maximum atomic E-state index is 4.98. The molecule has 0 aliphatic rings. The molecule has 1 heteroatoms. The number of hydrogen-bond acceptors (Lipinski definition) is 1. The Morgan fingerprint density at radius 1 is 0.773 bits per heavy atom. The minimum absolute atomic E-state index is 0.250. The molecular formula is C21H26O. The number of benzene rings is 2. The van der Waals surface area contributed by atoms with Gasteiger partial charge in [-0.25, -0.2) is 0 Å². The van der Waals surface area contributed by atoms with Crippen LogP contribution in [0.5, 0.6) is 5.75 Å². The molecule has 2 rings (SSSR count). The van der Waals surface area contributed by atoms with Crippen molar-refractivity contribution >= 4 is 12.2 Å². The van der Waals surface area contributed by atoms with E-state index in [1.54, 1.807) is 13.2 Å². The molecule has 0 N–H and O–H groups in total. The fourth-order valence-electron chi connectivity index (χ4n) is 1.86. The summed E-state index contributed by atoms with van der Waals surface area (Å²) in [4.78, 5) is 0. The molecule has 2 aromatic carbocycles. The standard InChI is InChI=1S/C12H16.C9H10O/c1-5-10-6-8-11(9-7-10)12(2,3)4;1-3-8-4-6-9(10-2)7-5-8/h5-9H,1H2,2-4H3;3-7H,1H2,2H3. The van der Waals surface area contributed by atoms with Crippen molar-refractivity contribution in [1.82, 2.24) is 0 Å². The van der Waals surface area contributed by atoms with E-state index >= 15 is 0 Å². The maximum absolute atomic E-state index is 4.98. The molecule has 2 aromatic rings. The van der Waals surface area contributed by atoms with Gasteiger partial charge in [-0.1, -0.05) is 82.5 Å². The van der Waals surface area contributed by atoms with Crippen molar-refractivity contribution in [2.24, 2.45) is 0 Å². The summed E-state index contributed by atoms with van der Waals surface area (Å²) in [5.74, 6) is 0.880. The molecule has 1 nitrogen and oxygen atoms in total. The predicted molar refractivity (Wildman–Crippen MR) is 98.3 cm³/mol. The van der Waals surface area contributed by atoms with Gasteiger partial charge in [0.05, 0.1) is 7.11 Å². The monoisotopic (exact) mass is 294 g/mol. The molecule has 0 spiro atoms. The Kier molecular flexibility index (Phi) is 6.65. The summed E-state index contributed by atoms with van der Waals surface area (Å²) in [7, 11) is 1.66. The number of rotatable bonds is 3. The van der Waals surface area contributed by atoms with Gasteiger partial charge < -0.3 is 4.74 Å². The van der Waals surface area contributed by atoms with Crippen molar-refractivity contribution in [3.05, 3.63) is 78.4 Å². The van der Waals surface area contributed by atoms with E-state index in [1.807, 2.05) is 30.3 Å². The van der Waals surface area contributed by atoms with Crippen molar-refractivity contribution in [2.75, 3.05) is 7.11 Å². The van der Waals surface area contributed by atoms with E-state index in [-0.39, 0.29) is 5.41 Å². The zero-order chi connectivity index (χ0) is 16.6. The van der Waals surface area contributed by atoms with E-state index < -0.39 is 0 Å². The van der Waals surface area contributed by atoms with Gasteiger partial charge in [-0.15, -0.1) is 0 Å². The Morgan fingerprint density at radius 2 is 1.18 bits per heavy atom. The van der Waals surface area contributed by atoms with Crippen molar-refractivity contribution in [1.29, 1.82) is 0 Å². The molecule has 0 saturated carbocycles. The van der Waals surface area contributed by atoms with Gasteiger partial charge in [0.15, 0.2) is 0 Å². The first-order valence-corrected chi connectivity index (χ1v) is 7.40. The molecule has 116 valence electrons. The molecule has 0 atom stereocenters. The van der Waals surface area contributed by atoms with Crippen LogP contribution in [0.1, 0.15) is 37.5 Å². The molecular weight excluding hydrogens is 268 g/mol. The van der Waals surface area contributed by atoms with E-state index in [2.05, 4.69) is 58.2 Å². The molecule has 0 aliphatic heterocycles. The first-order valence-electron chi connectivity index (χ1n) is 7.40. The van der Waals surface area contributed by atoms with Gasteiger partial charge in [0.25, 0.3) is 0 Å². The Bertz CT molecular complexity index is 583. The van der Waals surface area contributed by atoms with Crippen LogP contribution < -0.4 is 4.74 Å². The van der Waals surface area contributed by atoms with Crippen LogP contribution in [-0.2, 0) is 5.41 Å². The molecule has 0 aliphatic carbocycles. The van der Waals surface area contributed by atoms with Crippen LogP contribution in [0.25, 0.3) is 12.2 Å². The summed E-state index contributed by atoms with van der Waals surface area (Å²) >= 11 is 0. The van der Waals surface area contributed by atoms with Crippen LogP contribution in [0.3, 0.4) is 0 Å². The smallest absolute Gasteiger partial charge is 0.118 e. The number of ether oxygens (including phenoxy) is 1. The van der Waals surface area contributed by atoms with Gasteiger partial charge in [-0.3, -0.25) is 0 Å². The highest BCUT2D eigenvalue weighted by atomic mass is 16.5. The van der Waals surface area contributed by atoms with Crippen molar-refractivity contribution in [3.63, 3.8) is 0 Å². The van der Waals surface area contributed by atoms with Crippen LogP contribution in [0.15, 0.2) is 61.7 Å². The van der Waals surface area contributed by atoms with E-state index in [1.165, 1.54) is 11.1 Å². The van der Waals surface area contributed by atoms with Crippen molar-refractivity contribution < 1.29 is 4.74 Å². The van der Waals surface area contributed by atoms with Gasteiger partial charge in [0.2, 0.25) is 0 Å². The van der Waals surface area contributed by atoms with Gasteiger partial charge in [-0.05, 0) is 34.2 Å². The van der Waals surface area contributed by atoms with Gasteiger partial charge in [0, 0.05) is 0 Å². The van der Waals surface area contributed by atoms with Crippen LogP contribution in [0.2, 0.25) is 0 Å². The lowest BCUT2D eigenvalue weighted by molar-refractivity contribution is 0.415. The van der Waals surface area contributed by atoms with E-state index in [9.17, 15) is 0 Å². The van der Waals surface area contributed by atoms with Crippen LogP contribution >= 0.6 is 0 Å². The van der Waals surface area contributed by atoms with Crippen LogP contribution in [0.4, 0.5) is 0 Å². The highest BCUT2D eigenvalue weighted by molar-refractivity contribution is 5.48. The normalized spacial score (nSPS) is 10.2. The molecule has 0 amide bonds. The molecule has 0 unspecified atom stereocenters. The molecule has 0 aromatic heterocycles. The van der Waals surface area contributed by atoms with Gasteiger partial charge in [-0.2, -0.15) is 0 Å². The number of methoxy groups -OCH3 is 1. The highest BCUT2D eigenvalue weighted by Crippen LogP contribution is 2.22. The lowest BCUT2D eigenvalue weighted by Crippen LogP contribution is -2.10. The Morgan fingerprint density at radius 3 is 1.50 bits per heavy atom. The van der Waals surface area contributed by atoms with Crippen LogP contribution in [-0.4, -0.2) is 7.11 Å². The van der Waals surface area contributed by atoms with Crippen molar-refractivity contribution in [3.8, 4) is 5.75 Å². The SMILES string of the molecule is C=Cc1ccc(C(C)(C)C)cc1.C=Cc1ccc(OC)cc1. The quantitative estimate of drug-likeness (QED) is 0.678. The first kappa shape index (κ1) is 17.8. The molecule has 0 heterocycles. The summed E-state index contributed by atoms with van der Waals surface area (Å²) < 4.78 is 4.98. The Balaban J connectivity index is 0.000000224. The fraction of sp³-hybridized carbons (Fsp3) is 0.238. The van der Waals surface area contributed by atoms with E-state index in [4.69, 9.17) is 4.74 Å². The lowest BCUT2D eigenvalue weighted by atomic mass is 9.87. The average molecular weight is 294 g/mol. The Hall–Kier alpha value is -2.28. The molecule has 0 fully saturated rings. The minimum Gasteiger partial charge on any atom is -0.497 e. The van der Waals surface area contributed by atoms with E-state index in [0.29, 0.717) is 0 Å². The zero-order valence-electron chi connectivity index (χ0n) is 14.1. The lowest BCUT2D eigenvalue weighted by Gasteiger charge is -2.18. The highest BCUT2D eigenvalue weighted by Gasteiger charge is 2.12. The zero-order valence-corrected chi connectivity index (χ0v) is 14.1. The van der Waals surface area contributed by atoms with Gasteiger partial charge in [0.1, 0.15) is 5.75 Å². The predicted octanol–water partition coefficient (Wildman–Crippen LogP) is 5.97. The third kappa shape index (κ3) is 5.61. The second kappa shape index (κ2) is 8.23. The molecule has 22 heavy (non-hydrogen) atoms. The molecule has 0 saturated heterocycles. The van der Waals surface area contributed by atoms with Crippen molar-refractivity contribution in [2.45, 2.75) is 26.2 Å². The Labute approximate surface area is 135 Å². The second-order valence-electron chi connectivity index (χ2n) is 6.05. The fourth-order valence-corrected chi connectivity index (χ4v) is 1.86. The van der Waals surface area contributed by atoms with E-state index in [0.717, 1.165) is 11.3 Å². The maximum Gasteiger partial charge on any atom is 0.118 e. The van der Waals surface area contributed by atoms with Crippen LogP contribution in [0, 0.1) is 0 Å². The number of hydrogen-bond donors (Lipinski definition) is 0.